The summed E-state index contributed by atoms with van der Waals surface area (Å²) in [6.45, 7) is 2.69. The zero-order valence-electron chi connectivity index (χ0n) is 17.5. The Morgan fingerprint density at radius 1 is 1.39 bits per heavy atom. The van der Waals surface area contributed by atoms with E-state index < -0.39 is 43.1 Å². The Hall–Kier alpha value is -1.66. The van der Waals surface area contributed by atoms with Gasteiger partial charge in [0.05, 0.1) is 37.7 Å². The molecule has 184 valence electrons. The third-order valence-corrected chi connectivity index (χ3v) is 11.1. The first-order chi connectivity index (χ1) is 15.4. The molecule has 33 heavy (non-hydrogen) atoms. The highest BCUT2D eigenvalue weighted by Crippen LogP contribution is 2.67. The SMILES string of the molecule is CC(SC(=O)NC[C@H]1CN(c2ccc(N3CCOCC3)c(F)c2)C(=O)O1)([PH](=O)O)P(=O)(O)O. The van der Waals surface area contributed by atoms with Crippen LogP contribution in [0.15, 0.2) is 18.2 Å². The van der Waals surface area contributed by atoms with Gasteiger partial charge in [-0.25, -0.2) is 9.18 Å². The molecule has 1 aromatic carbocycles. The number of carbonyl (C=O) groups excluding carboxylic acids is 2. The summed E-state index contributed by atoms with van der Waals surface area (Å²) in [5.41, 5.74) is 0.664. The van der Waals surface area contributed by atoms with Gasteiger partial charge in [-0.05, 0) is 36.9 Å². The average Bonchev–Trinajstić information content (AvgIpc) is 3.12. The molecule has 2 fully saturated rings. The minimum absolute atomic E-state index is 0.00746. The third kappa shape index (κ3) is 5.89. The van der Waals surface area contributed by atoms with Crippen LogP contribution in [-0.2, 0) is 18.6 Å². The molecule has 16 heteroatoms. The molecule has 2 heterocycles. The summed E-state index contributed by atoms with van der Waals surface area (Å²) in [5.74, 6) is -0.508. The Bertz CT molecular complexity index is 990. The molecule has 1 aromatic rings. The first kappa shape index (κ1) is 26.0. The number of halogens is 1. The van der Waals surface area contributed by atoms with Gasteiger partial charge in [0.1, 0.15) is 11.9 Å². The van der Waals surface area contributed by atoms with Crippen molar-refractivity contribution in [3.05, 3.63) is 24.0 Å². The number of carbonyl (C=O) groups is 2. The Labute approximate surface area is 193 Å². The van der Waals surface area contributed by atoms with E-state index in [0.717, 1.165) is 6.92 Å². The van der Waals surface area contributed by atoms with Gasteiger partial charge in [0, 0.05) is 13.1 Å². The van der Waals surface area contributed by atoms with Crippen molar-refractivity contribution < 1.29 is 47.3 Å². The van der Waals surface area contributed by atoms with Crippen molar-refractivity contribution in [2.24, 2.45) is 0 Å². The zero-order chi connectivity index (χ0) is 24.4. The van der Waals surface area contributed by atoms with Gasteiger partial charge in [-0.15, -0.1) is 0 Å². The summed E-state index contributed by atoms with van der Waals surface area (Å²) in [5, 5.41) is 1.34. The molecule has 2 aliphatic rings. The van der Waals surface area contributed by atoms with Crippen molar-refractivity contribution in [2.45, 2.75) is 17.3 Å². The van der Waals surface area contributed by atoms with Gasteiger partial charge in [-0.1, -0.05) is 0 Å². The number of anilines is 2. The van der Waals surface area contributed by atoms with Crippen LogP contribution in [0.1, 0.15) is 6.92 Å². The molecule has 0 spiro atoms. The summed E-state index contributed by atoms with van der Waals surface area (Å²) in [7, 11) is -8.86. The second-order valence-corrected chi connectivity index (χ2v) is 13.5. The minimum Gasteiger partial charge on any atom is -0.442 e. The molecule has 3 atom stereocenters. The maximum atomic E-state index is 14.7. The normalized spacial score (nSPS) is 22.0. The van der Waals surface area contributed by atoms with Crippen LogP contribution in [0.3, 0.4) is 0 Å². The van der Waals surface area contributed by atoms with Crippen LogP contribution in [-0.4, -0.2) is 75.7 Å². The fraction of sp³-hybridized carbons (Fsp3) is 0.529. The van der Waals surface area contributed by atoms with Crippen LogP contribution in [0.5, 0.6) is 0 Å². The van der Waals surface area contributed by atoms with E-state index >= 15 is 0 Å². The molecule has 0 radical (unpaired) electrons. The van der Waals surface area contributed by atoms with Gasteiger partial charge in [-0.2, -0.15) is 0 Å². The second-order valence-electron chi connectivity index (χ2n) is 7.45. The molecule has 2 unspecified atom stereocenters. The van der Waals surface area contributed by atoms with Crippen LogP contribution in [0.25, 0.3) is 0 Å². The van der Waals surface area contributed by atoms with Gasteiger partial charge >= 0.3 is 13.7 Å². The lowest BCUT2D eigenvalue weighted by atomic mass is 10.2. The molecule has 0 aliphatic carbocycles. The largest absolute Gasteiger partial charge is 0.442 e. The summed E-state index contributed by atoms with van der Waals surface area (Å²) in [4.78, 5) is 55.3. The molecular formula is C17H24FN3O9P2S. The monoisotopic (exact) mass is 527 g/mol. The number of nitrogens with zero attached hydrogens (tertiary/aromatic N) is 2. The van der Waals surface area contributed by atoms with E-state index in [4.69, 9.17) is 9.47 Å². The van der Waals surface area contributed by atoms with Gasteiger partial charge in [0.2, 0.25) is 8.03 Å². The van der Waals surface area contributed by atoms with E-state index in [1.165, 1.54) is 11.0 Å². The number of nitrogens with one attached hydrogen (secondary N) is 1. The molecule has 12 nitrogen and oxygen atoms in total. The van der Waals surface area contributed by atoms with E-state index in [1.54, 1.807) is 12.1 Å². The van der Waals surface area contributed by atoms with Gasteiger partial charge in [0.15, 0.2) is 4.23 Å². The molecular weight excluding hydrogens is 503 g/mol. The first-order valence-electron chi connectivity index (χ1n) is 9.78. The number of rotatable bonds is 7. The van der Waals surface area contributed by atoms with Crippen molar-refractivity contribution in [2.75, 3.05) is 49.2 Å². The summed E-state index contributed by atoms with van der Waals surface area (Å²) >= 11 is 0.0129. The minimum atomic E-state index is -5.08. The third-order valence-electron chi connectivity index (χ3n) is 5.19. The molecule has 3 rings (SSSR count). The smallest absolute Gasteiger partial charge is 0.414 e. The maximum Gasteiger partial charge on any atom is 0.414 e. The van der Waals surface area contributed by atoms with Crippen LogP contribution in [0.2, 0.25) is 0 Å². The van der Waals surface area contributed by atoms with Gasteiger partial charge in [0.25, 0.3) is 5.24 Å². The Kier molecular flexibility index (Phi) is 8.11. The van der Waals surface area contributed by atoms with E-state index in [-0.39, 0.29) is 30.5 Å². The molecule has 2 amide bonds. The quantitative estimate of drug-likeness (QED) is 0.382. The number of morpholine rings is 1. The van der Waals surface area contributed by atoms with Crippen molar-refractivity contribution in [1.82, 2.24) is 5.32 Å². The summed E-state index contributed by atoms with van der Waals surface area (Å²) < 4.78 is 45.6. The summed E-state index contributed by atoms with van der Waals surface area (Å²) in [6, 6.07) is 4.36. The fourth-order valence-corrected chi connectivity index (χ4v) is 6.07. The highest BCUT2D eigenvalue weighted by Gasteiger charge is 2.50. The first-order valence-corrected chi connectivity index (χ1v) is 13.6. The predicted octanol–water partition coefficient (Wildman–Crippen LogP) is 1.75. The van der Waals surface area contributed by atoms with E-state index in [0.29, 0.717) is 32.0 Å². The van der Waals surface area contributed by atoms with Crippen LogP contribution in [0, 0.1) is 5.82 Å². The number of thioether (sulfide) groups is 1. The zero-order valence-corrected chi connectivity index (χ0v) is 20.2. The van der Waals surface area contributed by atoms with E-state index in [2.05, 4.69) is 5.32 Å². The Morgan fingerprint density at radius 3 is 2.64 bits per heavy atom. The molecule has 0 aromatic heterocycles. The van der Waals surface area contributed by atoms with Crippen molar-refractivity contribution in [3.8, 4) is 0 Å². The maximum absolute atomic E-state index is 14.7. The lowest BCUT2D eigenvalue weighted by Gasteiger charge is -2.29. The standard InChI is InChI=1S/C17H24FN3O9P2S/c1-17(31(24)25,32(26,27)28)33-15(22)19-9-12-10-21(16(23)30-12)11-2-3-14(13(18)8-11)20-4-6-29-7-5-20/h2-3,8,12,31H,4-7,9-10H2,1H3,(H,19,22)(H,24,25)(H2,26,27,28)/t12-,17?/m0/s1. The number of amides is 2. The molecule has 2 saturated heterocycles. The number of hydrogen-bond donors (Lipinski definition) is 4. The topological polar surface area (TPSA) is 166 Å². The van der Waals surface area contributed by atoms with E-state index in [1.807, 2.05) is 4.90 Å². The van der Waals surface area contributed by atoms with Crippen molar-refractivity contribution in [1.29, 1.82) is 0 Å². The number of benzene rings is 1. The highest BCUT2D eigenvalue weighted by atomic mass is 32.2. The lowest BCUT2D eigenvalue weighted by Crippen LogP contribution is -2.37. The average molecular weight is 527 g/mol. The molecule has 2 aliphatic heterocycles. The molecule has 0 saturated carbocycles. The highest BCUT2D eigenvalue weighted by molar-refractivity contribution is 8.23. The van der Waals surface area contributed by atoms with Crippen molar-refractivity contribution >= 4 is 50.1 Å². The molecule has 4 N–H and O–H groups in total. The van der Waals surface area contributed by atoms with Crippen LogP contribution in [0.4, 0.5) is 25.4 Å². The van der Waals surface area contributed by atoms with Crippen molar-refractivity contribution in [3.63, 3.8) is 0 Å². The van der Waals surface area contributed by atoms with Gasteiger partial charge in [-0.3, -0.25) is 18.8 Å². The number of cyclic esters (lactones) is 1. The predicted molar refractivity (Wildman–Crippen MR) is 120 cm³/mol. The van der Waals surface area contributed by atoms with Gasteiger partial charge < -0.3 is 34.4 Å². The fourth-order valence-electron chi connectivity index (χ4n) is 3.20. The Morgan fingerprint density at radius 2 is 2.06 bits per heavy atom. The lowest BCUT2D eigenvalue weighted by molar-refractivity contribution is 0.122. The summed E-state index contributed by atoms with van der Waals surface area (Å²) in [6.07, 6.45) is -1.57. The number of hydrogen-bond acceptors (Lipinski definition) is 8. The Balaban J connectivity index is 1.59. The number of ether oxygens (including phenoxy) is 2. The van der Waals surface area contributed by atoms with Crippen LogP contribution >= 0.6 is 27.4 Å². The van der Waals surface area contributed by atoms with Crippen LogP contribution < -0.4 is 15.1 Å². The molecule has 0 bridgehead atoms. The van der Waals surface area contributed by atoms with E-state index in [9.17, 15) is 37.8 Å². The second kappa shape index (κ2) is 10.3.